The highest BCUT2D eigenvalue weighted by Crippen LogP contribution is 2.15. The molecule has 0 aliphatic rings. The number of aromatic amines is 1. The molecule has 0 saturated heterocycles. The van der Waals surface area contributed by atoms with Crippen molar-refractivity contribution in [3.63, 3.8) is 0 Å². The molecule has 0 bridgehead atoms. The molecule has 1 heterocycles. The van der Waals surface area contributed by atoms with E-state index in [4.69, 9.17) is 0 Å². The average molecular weight is 177 g/mol. The van der Waals surface area contributed by atoms with E-state index in [1.807, 2.05) is 0 Å². The number of aryl methyl sites for hydroxylation is 1. The molecule has 0 aliphatic carbocycles. The lowest BCUT2D eigenvalue weighted by atomic mass is 10.1. The summed E-state index contributed by atoms with van der Waals surface area (Å²) < 4.78 is 13.1. The van der Waals surface area contributed by atoms with Gasteiger partial charge in [-0.2, -0.15) is 0 Å². The summed E-state index contributed by atoms with van der Waals surface area (Å²) in [6.07, 6.45) is 1.52. The monoisotopic (exact) mass is 177 g/mol. The highest BCUT2D eigenvalue weighted by Gasteiger charge is 2.04. The molecule has 0 saturated carbocycles. The Kier molecular flexibility index (Phi) is 1.65. The Bertz CT molecular complexity index is 516. The van der Waals surface area contributed by atoms with Gasteiger partial charge in [-0.15, -0.1) is 0 Å². The molecule has 1 aromatic heterocycles. The van der Waals surface area contributed by atoms with Crippen LogP contribution in [0.25, 0.3) is 10.9 Å². The summed E-state index contributed by atoms with van der Waals surface area (Å²) in [6.45, 7) is 1.65. The van der Waals surface area contributed by atoms with Crippen LogP contribution >= 0.6 is 0 Å². The van der Waals surface area contributed by atoms with Crippen LogP contribution in [0, 0.1) is 12.7 Å². The number of nitrogens with one attached hydrogen (secondary N) is 1. The molecule has 2 aromatic rings. The fourth-order valence-corrected chi connectivity index (χ4v) is 1.37. The first-order chi connectivity index (χ1) is 6.20. The zero-order chi connectivity index (χ0) is 9.42. The molecule has 0 unspecified atom stereocenters. The molecule has 66 valence electrons. The molecule has 0 spiro atoms. The van der Waals surface area contributed by atoms with E-state index >= 15 is 0 Å². The van der Waals surface area contributed by atoms with Crippen LogP contribution in [0.15, 0.2) is 29.2 Å². The lowest BCUT2D eigenvalue weighted by Crippen LogP contribution is -2.01. The zero-order valence-electron chi connectivity index (χ0n) is 7.10. The Morgan fingerprint density at radius 1 is 1.31 bits per heavy atom. The number of aromatic nitrogens is 1. The number of benzene rings is 1. The maximum absolute atomic E-state index is 13.1. The van der Waals surface area contributed by atoms with Gasteiger partial charge < -0.3 is 4.98 Å². The summed E-state index contributed by atoms with van der Waals surface area (Å²) in [5.41, 5.74) is 0.972. The molecule has 1 aromatic carbocycles. The number of hydrogen-bond acceptors (Lipinski definition) is 1. The molecular weight excluding hydrogens is 169 g/mol. The molecule has 0 radical (unpaired) electrons. The van der Waals surface area contributed by atoms with Gasteiger partial charge in [-0.05, 0) is 19.1 Å². The first-order valence-electron chi connectivity index (χ1n) is 3.96. The summed E-state index contributed by atoms with van der Waals surface area (Å²) in [4.78, 5) is 14.2. The van der Waals surface area contributed by atoms with Crippen LogP contribution < -0.4 is 5.43 Å². The van der Waals surface area contributed by atoms with Crippen LogP contribution in [-0.2, 0) is 0 Å². The van der Waals surface area contributed by atoms with E-state index in [1.54, 1.807) is 6.92 Å². The Hall–Kier alpha value is -1.64. The minimum atomic E-state index is -0.297. The summed E-state index contributed by atoms with van der Waals surface area (Å²) in [5, 5.41) is 0.529. The van der Waals surface area contributed by atoms with E-state index in [1.165, 1.54) is 24.4 Å². The molecular formula is C10H8FNO. The first kappa shape index (κ1) is 7.98. The van der Waals surface area contributed by atoms with Crippen LogP contribution in [0.1, 0.15) is 5.56 Å². The SMILES string of the molecule is Cc1c(F)ccc2c(=O)cc[nH]c12. The largest absolute Gasteiger partial charge is 0.361 e. The van der Waals surface area contributed by atoms with Crippen molar-refractivity contribution in [3.8, 4) is 0 Å². The molecule has 0 atom stereocenters. The number of pyridine rings is 1. The van der Waals surface area contributed by atoms with Crippen molar-refractivity contribution in [2.24, 2.45) is 0 Å². The van der Waals surface area contributed by atoms with E-state index in [0.29, 0.717) is 16.5 Å². The van der Waals surface area contributed by atoms with Gasteiger partial charge in [-0.25, -0.2) is 4.39 Å². The van der Waals surface area contributed by atoms with E-state index < -0.39 is 0 Å². The molecule has 1 N–H and O–H groups in total. The summed E-state index contributed by atoms with van der Waals surface area (Å²) in [5.74, 6) is -0.297. The third kappa shape index (κ3) is 1.13. The summed E-state index contributed by atoms with van der Waals surface area (Å²) >= 11 is 0. The van der Waals surface area contributed by atoms with Gasteiger partial charge >= 0.3 is 0 Å². The molecule has 0 fully saturated rings. The third-order valence-corrected chi connectivity index (χ3v) is 2.13. The topological polar surface area (TPSA) is 32.9 Å². The van der Waals surface area contributed by atoms with Gasteiger partial charge in [-0.3, -0.25) is 4.79 Å². The van der Waals surface area contributed by atoms with Crippen molar-refractivity contribution < 1.29 is 4.39 Å². The zero-order valence-corrected chi connectivity index (χ0v) is 7.10. The molecule has 0 aliphatic heterocycles. The maximum Gasteiger partial charge on any atom is 0.189 e. The maximum atomic E-state index is 13.1. The number of halogens is 1. The van der Waals surface area contributed by atoms with E-state index in [2.05, 4.69) is 4.98 Å². The molecule has 0 amide bonds. The van der Waals surface area contributed by atoms with Gasteiger partial charge in [0.05, 0.1) is 5.52 Å². The summed E-state index contributed by atoms with van der Waals surface area (Å²) in [7, 11) is 0. The Morgan fingerprint density at radius 2 is 2.08 bits per heavy atom. The van der Waals surface area contributed by atoms with E-state index in [0.717, 1.165) is 0 Å². The highest BCUT2D eigenvalue weighted by molar-refractivity contribution is 5.81. The standard InChI is InChI=1S/C10H8FNO/c1-6-8(11)3-2-7-9(13)4-5-12-10(6)7/h2-5H,1H3,(H,12,13). The lowest BCUT2D eigenvalue weighted by molar-refractivity contribution is 0.620. The van der Waals surface area contributed by atoms with Gasteiger partial charge in [0, 0.05) is 23.2 Å². The average Bonchev–Trinajstić information content (AvgIpc) is 2.12. The van der Waals surface area contributed by atoms with Crippen molar-refractivity contribution in [1.82, 2.24) is 4.98 Å². The Labute approximate surface area is 74.0 Å². The van der Waals surface area contributed by atoms with Gasteiger partial charge in [0.15, 0.2) is 5.43 Å². The van der Waals surface area contributed by atoms with Crippen LogP contribution in [-0.4, -0.2) is 4.98 Å². The minimum Gasteiger partial charge on any atom is -0.361 e. The fraction of sp³-hybridized carbons (Fsp3) is 0.100. The van der Waals surface area contributed by atoms with Crippen molar-refractivity contribution in [1.29, 1.82) is 0 Å². The minimum absolute atomic E-state index is 0.0862. The second kappa shape index (κ2) is 2.69. The molecule has 3 heteroatoms. The first-order valence-corrected chi connectivity index (χ1v) is 3.96. The molecule has 2 rings (SSSR count). The van der Waals surface area contributed by atoms with Crippen LogP contribution in [0.4, 0.5) is 4.39 Å². The van der Waals surface area contributed by atoms with Crippen LogP contribution in [0.5, 0.6) is 0 Å². The predicted molar refractivity (Wildman–Crippen MR) is 49.3 cm³/mol. The van der Waals surface area contributed by atoms with Crippen molar-refractivity contribution in [3.05, 3.63) is 46.0 Å². The third-order valence-electron chi connectivity index (χ3n) is 2.13. The lowest BCUT2D eigenvalue weighted by Gasteiger charge is -2.01. The highest BCUT2D eigenvalue weighted by atomic mass is 19.1. The number of rotatable bonds is 0. The normalized spacial score (nSPS) is 10.6. The van der Waals surface area contributed by atoms with Gasteiger partial charge in [0.25, 0.3) is 0 Å². The van der Waals surface area contributed by atoms with Crippen molar-refractivity contribution in [2.45, 2.75) is 6.92 Å². The van der Waals surface area contributed by atoms with Crippen LogP contribution in [0.2, 0.25) is 0 Å². The smallest absolute Gasteiger partial charge is 0.189 e. The predicted octanol–water partition coefficient (Wildman–Crippen LogP) is 1.98. The summed E-state index contributed by atoms with van der Waals surface area (Å²) in [6, 6.07) is 4.24. The second-order valence-corrected chi connectivity index (χ2v) is 2.94. The quantitative estimate of drug-likeness (QED) is 0.655. The van der Waals surface area contributed by atoms with Crippen molar-refractivity contribution >= 4 is 10.9 Å². The van der Waals surface area contributed by atoms with Gasteiger partial charge in [0.2, 0.25) is 0 Å². The van der Waals surface area contributed by atoms with Gasteiger partial charge in [0.1, 0.15) is 5.82 Å². The number of H-pyrrole nitrogens is 1. The number of hydrogen-bond donors (Lipinski definition) is 1. The van der Waals surface area contributed by atoms with E-state index in [-0.39, 0.29) is 11.2 Å². The van der Waals surface area contributed by atoms with Crippen LogP contribution in [0.3, 0.4) is 0 Å². The molecule has 2 nitrogen and oxygen atoms in total. The molecule has 13 heavy (non-hydrogen) atoms. The van der Waals surface area contributed by atoms with Gasteiger partial charge in [-0.1, -0.05) is 0 Å². The number of fused-ring (bicyclic) bond motifs is 1. The van der Waals surface area contributed by atoms with E-state index in [9.17, 15) is 9.18 Å². The fourth-order valence-electron chi connectivity index (χ4n) is 1.37. The Morgan fingerprint density at radius 3 is 2.85 bits per heavy atom. The Balaban J connectivity index is 3.03. The second-order valence-electron chi connectivity index (χ2n) is 2.94. The van der Waals surface area contributed by atoms with Crippen molar-refractivity contribution in [2.75, 3.05) is 0 Å².